The summed E-state index contributed by atoms with van der Waals surface area (Å²) < 4.78 is 19.5. The lowest BCUT2D eigenvalue weighted by molar-refractivity contribution is -0.393. The molecule has 0 amide bonds. The van der Waals surface area contributed by atoms with Gasteiger partial charge < -0.3 is 14.2 Å². The normalized spacial score (nSPS) is 43.7. The van der Waals surface area contributed by atoms with Gasteiger partial charge in [0, 0.05) is 37.5 Å². The third-order valence-electron chi connectivity index (χ3n) is 8.82. The van der Waals surface area contributed by atoms with Crippen LogP contribution in [0.15, 0.2) is 24.3 Å². The van der Waals surface area contributed by atoms with E-state index in [-0.39, 0.29) is 0 Å². The summed E-state index contributed by atoms with van der Waals surface area (Å²) >= 11 is 0. The lowest BCUT2D eigenvalue weighted by Crippen LogP contribution is -2.59. The Kier molecular flexibility index (Phi) is 3.68. The van der Waals surface area contributed by atoms with Crippen LogP contribution in [0.2, 0.25) is 0 Å². The summed E-state index contributed by atoms with van der Waals surface area (Å²) in [5, 5.41) is 0. The number of rotatable bonds is 0. The number of benzene rings is 1. The first kappa shape index (κ1) is 17.7. The van der Waals surface area contributed by atoms with Crippen LogP contribution in [-0.2, 0) is 37.2 Å². The Morgan fingerprint density at radius 3 is 1.79 bits per heavy atom. The molecule has 8 rings (SSSR count). The van der Waals surface area contributed by atoms with Crippen molar-refractivity contribution in [3.05, 3.63) is 35.4 Å². The molecule has 7 aliphatic rings. The van der Waals surface area contributed by atoms with E-state index in [4.69, 9.17) is 24.0 Å². The molecule has 0 N–H and O–H groups in total. The highest BCUT2D eigenvalue weighted by Gasteiger charge is 2.67. The van der Waals surface area contributed by atoms with E-state index in [1.54, 1.807) is 0 Å². The van der Waals surface area contributed by atoms with Gasteiger partial charge in [-0.2, -0.15) is 9.78 Å². The Labute approximate surface area is 171 Å². The van der Waals surface area contributed by atoms with Crippen LogP contribution in [0.25, 0.3) is 0 Å². The summed E-state index contributed by atoms with van der Waals surface area (Å²) in [5.74, 6) is 1.15. The minimum absolute atomic E-state index is 0.487. The van der Waals surface area contributed by atoms with E-state index < -0.39 is 17.4 Å². The molecule has 0 unspecified atom stereocenters. The van der Waals surface area contributed by atoms with Crippen molar-refractivity contribution < 1.29 is 24.0 Å². The van der Waals surface area contributed by atoms with Crippen molar-refractivity contribution in [2.75, 3.05) is 0 Å². The number of hydrogen-bond donors (Lipinski definition) is 0. The van der Waals surface area contributed by atoms with E-state index in [9.17, 15) is 0 Å². The molecule has 29 heavy (non-hydrogen) atoms. The van der Waals surface area contributed by atoms with E-state index in [0.717, 1.165) is 37.5 Å². The standard InChI is InChI=1S/C24H30O5/c1-2-4-19-15-26-22(25-14-18(19)3-1)5-7-23(8-6-22)27-24(29-28-23)20-10-16-9-17(12-20)13-21(24)11-16/h1-4,16-17,20-21H,5-15H2. The van der Waals surface area contributed by atoms with Crippen molar-refractivity contribution >= 4 is 0 Å². The zero-order valence-corrected chi connectivity index (χ0v) is 16.9. The molecule has 156 valence electrons. The van der Waals surface area contributed by atoms with Crippen molar-refractivity contribution in [2.45, 2.75) is 88.4 Å². The van der Waals surface area contributed by atoms with E-state index in [1.807, 2.05) is 0 Å². The smallest absolute Gasteiger partial charge is 0.210 e. The fourth-order valence-electron chi connectivity index (χ4n) is 7.39. The van der Waals surface area contributed by atoms with Crippen molar-refractivity contribution in [3.63, 3.8) is 0 Å². The molecule has 2 aliphatic heterocycles. The zero-order valence-electron chi connectivity index (χ0n) is 16.9. The van der Waals surface area contributed by atoms with Crippen LogP contribution in [0.1, 0.15) is 68.9 Å². The summed E-state index contributed by atoms with van der Waals surface area (Å²) in [4.78, 5) is 12.2. The Morgan fingerprint density at radius 2 is 1.21 bits per heavy atom. The first-order valence-electron chi connectivity index (χ1n) is 11.6. The molecule has 0 radical (unpaired) electrons. The maximum absolute atomic E-state index is 6.83. The molecule has 0 atom stereocenters. The van der Waals surface area contributed by atoms with Gasteiger partial charge in [-0.15, -0.1) is 0 Å². The van der Waals surface area contributed by atoms with Crippen LogP contribution in [0.5, 0.6) is 0 Å². The highest BCUT2D eigenvalue weighted by atomic mass is 17.3. The second kappa shape index (κ2) is 6.04. The summed E-state index contributed by atoms with van der Waals surface area (Å²) in [7, 11) is 0. The first-order valence-corrected chi connectivity index (χ1v) is 11.6. The van der Waals surface area contributed by atoms with Gasteiger partial charge in [0.05, 0.1) is 13.2 Å². The molecule has 5 saturated carbocycles. The van der Waals surface area contributed by atoms with Crippen molar-refractivity contribution in [1.82, 2.24) is 0 Å². The topological polar surface area (TPSA) is 46.2 Å². The molecule has 5 nitrogen and oxygen atoms in total. The number of fused-ring (bicyclic) bond motifs is 1. The van der Waals surface area contributed by atoms with Gasteiger partial charge in [0.15, 0.2) is 5.79 Å². The van der Waals surface area contributed by atoms with Crippen LogP contribution in [0, 0.1) is 23.7 Å². The van der Waals surface area contributed by atoms with Crippen LogP contribution >= 0.6 is 0 Å². The van der Waals surface area contributed by atoms with E-state index >= 15 is 0 Å². The molecule has 5 aliphatic carbocycles. The van der Waals surface area contributed by atoms with E-state index in [2.05, 4.69) is 24.3 Å². The fraction of sp³-hybridized carbons (Fsp3) is 0.750. The van der Waals surface area contributed by atoms with Gasteiger partial charge in [-0.1, -0.05) is 24.3 Å². The van der Waals surface area contributed by atoms with Crippen LogP contribution in [0.4, 0.5) is 0 Å². The van der Waals surface area contributed by atoms with Crippen LogP contribution < -0.4 is 0 Å². The van der Waals surface area contributed by atoms with Crippen molar-refractivity contribution in [3.8, 4) is 0 Å². The zero-order chi connectivity index (χ0) is 19.1. The van der Waals surface area contributed by atoms with Gasteiger partial charge in [0.25, 0.3) is 0 Å². The lowest BCUT2D eigenvalue weighted by Gasteiger charge is -2.57. The average molecular weight is 398 g/mol. The third kappa shape index (κ3) is 2.58. The number of hydrogen-bond acceptors (Lipinski definition) is 5. The average Bonchev–Trinajstić information content (AvgIpc) is 3.02. The van der Waals surface area contributed by atoms with E-state index in [1.165, 1.54) is 43.2 Å². The molecule has 5 heteroatoms. The highest BCUT2D eigenvalue weighted by Crippen LogP contribution is 2.64. The highest BCUT2D eigenvalue weighted by molar-refractivity contribution is 5.26. The number of ether oxygens (including phenoxy) is 3. The molecule has 1 aromatic carbocycles. The molecule has 6 fully saturated rings. The maximum Gasteiger partial charge on any atom is 0.210 e. The monoisotopic (exact) mass is 398 g/mol. The van der Waals surface area contributed by atoms with Crippen molar-refractivity contribution in [1.29, 1.82) is 0 Å². The second-order valence-electron chi connectivity index (χ2n) is 10.5. The van der Waals surface area contributed by atoms with Gasteiger partial charge in [-0.05, 0) is 55.1 Å². The maximum atomic E-state index is 6.83. The Balaban J connectivity index is 1.08. The third-order valence-corrected chi connectivity index (χ3v) is 8.82. The predicted octanol–water partition coefficient (Wildman–Crippen LogP) is 4.83. The van der Waals surface area contributed by atoms with Crippen molar-refractivity contribution in [2.24, 2.45) is 23.7 Å². The summed E-state index contributed by atoms with van der Waals surface area (Å²) in [6.45, 7) is 1.22. The SMILES string of the molecule is c1ccc2c(c1)COC1(CCC3(CC1)OOC1(O3)C3CC4CC(C3)CC1C4)OC2. The lowest BCUT2D eigenvalue weighted by atomic mass is 9.53. The van der Waals surface area contributed by atoms with Gasteiger partial charge in [0.2, 0.25) is 11.6 Å². The molecule has 2 heterocycles. The molecule has 1 saturated heterocycles. The molecular formula is C24H30O5. The predicted molar refractivity (Wildman–Crippen MR) is 103 cm³/mol. The Bertz CT molecular complexity index is 754. The van der Waals surface area contributed by atoms with Gasteiger partial charge >= 0.3 is 0 Å². The molecule has 1 aromatic rings. The molecular weight excluding hydrogens is 368 g/mol. The summed E-state index contributed by atoms with van der Waals surface area (Å²) in [6.07, 6.45) is 9.51. The first-order chi connectivity index (χ1) is 14.2. The van der Waals surface area contributed by atoms with Gasteiger partial charge in [-0.25, -0.2) is 0 Å². The Hall–Kier alpha value is -0.980. The van der Waals surface area contributed by atoms with Gasteiger partial charge in [0.1, 0.15) is 0 Å². The largest absolute Gasteiger partial charge is 0.345 e. The fourth-order valence-corrected chi connectivity index (χ4v) is 7.39. The minimum Gasteiger partial charge on any atom is -0.345 e. The van der Waals surface area contributed by atoms with Crippen LogP contribution in [-0.4, -0.2) is 17.4 Å². The molecule has 3 spiro atoms. The van der Waals surface area contributed by atoms with E-state index in [0.29, 0.717) is 25.0 Å². The summed E-state index contributed by atoms with van der Waals surface area (Å²) in [6, 6.07) is 8.40. The van der Waals surface area contributed by atoms with Gasteiger partial charge in [-0.3, -0.25) is 0 Å². The Morgan fingerprint density at radius 1 is 0.655 bits per heavy atom. The molecule has 4 bridgehead atoms. The molecule has 0 aromatic heterocycles. The van der Waals surface area contributed by atoms with Crippen LogP contribution in [0.3, 0.4) is 0 Å². The quantitative estimate of drug-likeness (QED) is 0.586. The summed E-state index contributed by atoms with van der Waals surface area (Å²) in [5.41, 5.74) is 2.46. The minimum atomic E-state index is -0.619. The second-order valence-corrected chi connectivity index (χ2v) is 10.5.